The van der Waals surface area contributed by atoms with Crippen LogP contribution in [0.15, 0.2) is 35.1 Å². The fourth-order valence-electron chi connectivity index (χ4n) is 2.73. The number of urea groups is 1. The second kappa shape index (κ2) is 6.41. The van der Waals surface area contributed by atoms with Crippen molar-refractivity contribution in [2.45, 2.75) is 12.5 Å². The normalized spacial score (nSPS) is 16.7. The molecule has 1 aromatic heterocycles. The van der Waals surface area contributed by atoms with Gasteiger partial charge in [-0.25, -0.2) is 9.78 Å². The number of aliphatic carboxylic acids is 1. The van der Waals surface area contributed by atoms with Crippen LogP contribution in [0.4, 0.5) is 4.79 Å². The largest absolute Gasteiger partial charge is 0.480 e. The molecule has 3 N–H and O–H groups in total. The van der Waals surface area contributed by atoms with E-state index in [1.165, 1.54) is 0 Å². The van der Waals surface area contributed by atoms with Crippen molar-refractivity contribution >= 4 is 27.9 Å². The number of carboxylic acid groups (broad SMARTS) is 1. The molecule has 1 aliphatic heterocycles. The quantitative estimate of drug-likeness (QED) is 0.759. The number of imidazole rings is 1. The topological polar surface area (TPSA) is 98.3 Å². The van der Waals surface area contributed by atoms with Crippen LogP contribution in [0.1, 0.15) is 23.0 Å². The minimum Gasteiger partial charge on any atom is -0.480 e. The fraction of sp³-hybridized carbons (Fsp3) is 0.267. The molecule has 0 radical (unpaired) electrons. The number of fused-ring (bicyclic) bond motifs is 1. The lowest BCUT2D eigenvalue weighted by Gasteiger charge is -2.35. The molecule has 1 unspecified atom stereocenters. The molecule has 0 saturated carbocycles. The van der Waals surface area contributed by atoms with Crippen molar-refractivity contribution in [2.24, 2.45) is 0 Å². The highest BCUT2D eigenvalue weighted by atomic mass is 79.9. The van der Waals surface area contributed by atoms with Crippen LogP contribution in [0.2, 0.25) is 0 Å². The average Bonchev–Trinajstić information content (AvgIpc) is 3.01. The Hall–Kier alpha value is -2.35. The zero-order chi connectivity index (χ0) is 16.4. The Balaban J connectivity index is 1.93. The van der Waals surface area contributed by atoms with E-state index in [1.807, 2.05) is 24.3 Å². The molecule has 1 atom stereocenters. The number of hydrogen-bond acceptors (Lipinski definition) is 3. The van der Waals surface area contributed by atoms with E-state index in [2.05, 4.69) is 31.2 Å². The molecule has 1 aromatic carbocycles. The van der Waals surface area contributed by atoms with Gasteiger partial charge in [0.1, 0.15) is 12.6 Å². The highest BCUT2D eigenvalue weighted by Crippen LogP contribution is 2.33. The molecule has 23 heavy (non-hydrogen) atoms. The van der Waals surface area contributed by atoms with E-state index in [9.17, 15) is 9.59 Å². The van der Waals surface area contributed by atoms with E-state index in [-0.39, 0.29) is 6.04 Å². The molecule has 0 spiro atoms. The number of hydrogen-bond donors (Lipinski definition) is 3. The van der Waals surface area contributed by atoms with Gasteiger partial charge in [-0.2, -0.15) is 0 Å². The van der Waals surface area contributed by atoms with E-state index < -0.39 is 18.5 Å². The molecule has 3 rings (SSSR count). The van der Waals surface area contributed by atoms with Crippen molar-refractivity contribution in [3.05, 3.63) is 52.0 Å². The van der Waals surface area contributed by atoms with Crippen LogP contribution in [-0.4, -0.2) is 45.1 Å². The summed E-state index contributed by atoms with van der Waals surface area (Å²) in [4.78, 5) is 32.2. The van der Waals surface area contributed by atoms with Crippen LogP contribution in [0.3, 0.4) is 0 Å². The summed E-state index contributed by atoms with van der Waals surface area (Å²) in [5, 5.41) is 11.2. The Kier molecular flexibility index (Phi) is 4.33. The summed E-state index contributed by atoms with van der Waals surface area (Å²) >= 11 is 3.40. The van der Waals surface area contributed by atoms with Crippen molar-refractivity contribution in [1.82, 2.24) is 20.2 Å². The molecule has 2 aromatic rings. The summed E-state index contributed by atoms with van der Waals surface area (Å²) in [5.74, 6) is -1.07. The van der Waals surface area contributed by atoms with Gasteiger partial charge in [0, 0.05) is 23.1 Å². The maximum absolute atomic E-state index is 12.4. The Morgan fingerprint density at radius 3 is 2.83 bits per heavy atom. The average molecular weight is 379 g/mol. The number of benzene rings is 1. The number of carbonyl (C=O) groups excluding carboxylic acids is 1. The second-order valence-corrected chi connectivity index (χ2v) is 6.13. The predicted molar refractivity (Wildman–Crippen MR) is 86.0 cm³/mol. The van der Waals surface area contributed by atoms with Crippen molar-refractivity contribution in [1.29, 1.82) is 0 Å². The van der Waals surface area contributed by atoms with Gasteiger partial charge in [-0.15, -0.1) is 0 Å². The maximum atomic E-state index is 12.4. The Labute approximate surface area is 140 Å². The number of rotatable bonds is 3. The predicted octanol–water partition coefficient (Wildman–Crippen LogP) is 1.91. The van der Waals surface area contributed by atoms with Crippen molar-refractivity contribution in [2.75, 3.05) is 13.1 Å². The van der Waals surface area contributed by atoms with E-state index in [4.69, 9.17) is 5.11 Å². The third kappa shape index (κ3) is 3.21. The van der Waals surface area contributed by atoms with Gasteiger partial charge in [-0.3, -0.25) is 4.79 Å². The highest BCUT2D eigenvalue weighted by Gasteiger charge is 2.34. The molecule has 0 fully saturated rings. The first kappa shape index (κ1) is 15.5. The van der Waals surface area contributed by atoms with Crippen molar-refractivity contribution in [3.63, 3.8) is 0 Å². The van der Waals surface area contributed by atoms with Gasteiger partial charge in [0.15, 0.2) is 0 Å². The molecule has 2 amide bonds. The molecule has 0 aliphatic carbocycles. The highest BCUT2D eigenvalue weighted by molar-refractivity contribution is 9.10. The Morgan fingerprint density at radius 1 is 1.39 bits per heavy atom. The number of amides is 2. The van der Waals surface area contributed by atoms with Crippen molar-refractivity contribution in [3.8, 4) is 0 Å². The summed E-state index contributed by atoms with van der Waals surface area (Å²) in [6, 6.07) is 6.92. The number of carbonyl (C=O) groups is 2. The number of aromatic amines is 1. The van der Waals surface area contributed by atoms with Crippen LogP contribution >= 0.6 is 15.9 Å². The number of nitrogens with one attached hydrogen (secondary N) is 2. The maximum Gasteiger partial charge on any atom is 0.323 e. The number of H-pyrrole nitrogens is 1. The minimum atomic E-state index is -1.07. The summed E-state index contributed by atoms with van der Waals surface area (Å²) < 4.78 is 0.946. The molecule has 0 bridgehead atoms. The van der Waals surface area contributed by atoms with Gasteiger partial charge in [0.2, 0.25) is 0 Å². The summed E-state index contributed by atoms with van der Waals surface area (Å²) in [6.45, 7) is 0.0805. The Morgan fingerprint density at radius 2 is 2.13 bits per heavy atom. The van der Waals surface area contributed by atoms with Gasteiger partial charge in [-0.1, -0.05) is 28.1 Å². The van der Waals surface area contributed by atoms with Crippen LogP contribution in [-0.2, 0) is 11.2 Å². The Bertz CT molecular complexity index is 729. The van der Waals surface area contributed by atoms with Crippen molar-refractivity contribution < 1.29 is 14.7 Å². The molecule has 1 aliphatic rings. The van der Waals surface area contributed by atoms with E-state index in [0.717, 1.165) is 21.4 Å². The summed E-state index contributed by atoms with van der Waals surface area (Å²) in [6.07, 6.45) is 2.28. The third-order valence-corrected chi connectivity index (χ3v) is 4.29. The van der Waals surface area contributed by atoms with E-state index in [1.54, 1.807) is 11.2 Å². The third-order valence-electron chi connectivity index (χ3n) is 3.76. The number of nitrogens with zero attached hydrogens (tertiary/aromatic N) is 2. The van der Waals surface area contributed by atoms with Gasteiger partial charge in [-0.05, 0) is 17.7 Å². The number of aromatic nitrogens is 2. The summed E-state index contributed by atoms with van der Waals surface area (Å²) in [7, 11) is 0. The van der Waals surface area contributed by atoms with E-state index in [0.29, 0.717) is 13.0 Å². The standard InChI is InChI=1S/C15H15BrN4O3/c16-10-3-1-9(2-4-10)14-13-11(18-8-19-13)5-6-20(14)15(23)17-7-12(21)22/h1-4,8,14H,5-7H2,(H,17,23)(H,18,19)(H,21,22). The number of carboxylic acids is 1. The smallest absolute Gasteiger partial charge is 0.323 e. The lowest BCUT2D eigenvalue weighted by molar-refractivity contribution is -0.135. The lowest BCUT2D eigenvalue weighted by atomic mass is 9.96. The zero-order valence-corrected chi connectivity index (χ0v) is 13.7. The molecule has 8 heteroatoms. The first-order valence-electron chi connectivity index (χ1n) is 7.10. The minimum absolute atomic E-state index is 0.341. The van der Waals surface area contributed by atoms with Gasteiger partial charge in [0.05, 0.1) is 12.0 Å². The first-order chi connectivity index (χ1) is 11.1. The lowest BCUT2D eigenvalue weighted by Crippen LogP contribution is -2.47. The molecule has 0 saturated heterocycles. The van der Waals surface area contributed by atoms with Crippen LogP contribution in [0, 0.1) is 0 Å². The molecule has 7 nitrogen and oxygen atoms in total. The van der Waals surface area contributed by atoms with Crippen LogP contribution in [0.5, 0.6) is 0 Å². The van der Waals surface area contributed by atoms with Gasteiger partial charge < -0.3 is 20.3 Å². The van der Waals surface area contributed by atoms with Crippen LogP contribution < -0.4 is 5.32 Å². The molecule has 120 valence electrons. The SMILES string of the molecule is O=C(O)CNC(=O)N1CCc2[nH]cnc2C1c1ccc(Br)cc1. The van der Waals surface area contributed by atoms with E-state index >= 15 is 0 Å². The molecular formula is C15H15BrN4O3. The fourth-order valence-corrected chi connectivity index (χ4v) is 3.00. The molecular weight excluding hydrogens is 364 g/mol. The zero-order valence-electron chi connectivity index (χ0n) is 12.1. The second-order valence-electron chi connectivity index (χ2n) is 5.22. The monoisotopic (exact) mass is 378 g/mol. The van der Waals surface area contributed by atoms with Gasteiger partial charge in [0.25, 0.3) is 0 Å². The van der Waals surface area contributed by atoms with Crippen LogP contribution in [0.25, 0.3) is 0 Å². The molecule has 2 heterocycles. The first-order valence-corrected chi connectivity index (χ1v) is 7.89. The van der Waals surface area contributed by atoms with Gasteiger partial charge >= 0.3 is 12.0 Å². The summed E-state index contributed by atoms with van der Waals surface area (Å²) in [5.41, 5.74) is 2.72. The number of halogens is 1.